The highest BCUT2D eigenvalue weighted by molar-refractivity contribution is 6.33. The number of hydrogen-bond donors (Lipinski definition) is 2. The van der Waals surface area contributed by atoms with Gasteiger partial charge in [-0.3, -0.25) is 4.98 Å². The highest BCUT2D eigenvalue weighted by atomic mass is 35.5. The Morgan fingerprint density at radius 3 is 2.77 bits per heavy atom. The van der Waals surface area contributed by atoms with Crippen molar-refractivity contribution in [3.05, 3.63) is 75.9 Å². The summed E-state index contributed by atoms with van der Waals surface area (Å²) in [6.45, 7) is 2.50. The van der Waals surface area contributed by atoms with Gasteiger partial charge in [0.15, 0.2) is 23.1 Å². The number of nitrogens with zero attached hydrogens (tertiary/aromatic N) is 3. The first-order valence-corrected chi connectivity index (χ1v) is 13.5. The van der Waals surface area contributed by atoms with E-state index in [9.17, 15) is 5.26 Å². The van der Waals surface area contributed by atoms with Crippen LogP contribution in [-0.4, -0.2) is 36.8 Å². The van der Waals surface area contributed by atoms with Gasteiger partial charge in [0, 0.05) is 42.2 Å². The van der Waals surface area contributed by atoms with Gasteiger partial charge in [0.2, 0.25) is 0 Å². The van der Waals surface area contributed by atoms with E-state index >= 15 is 4.39 Å². The minimum atomic E-state index is -0.642. The van der Waals surface area contributed by atoms with E-state index in [1.807, 2.05) is 0 Å². The SMILES string of the molecule is COc1cc2c(Nc3cc(F)c(OCc4cccc(Cl)n4)cc3Cl)c(C#N)cnc2cc1OC[C@@H]1CCCNC1. The second-order valence-corrected chi connectivity index (χ2v) is 10.1. The van der Waals surface area contributed by atoms with Gasteiger partial charge in [-0.1, -0.05) is 29.3 Å². The molecule has 1 saturated heterocycles. The Morgan fingerprint density at radius 1 is 1.15 bits per heavy atom. The fourth-order valence-corrected chi connectivity index (χ4v) is 4.90. The van der Waals surface area contributed by atoms with E-state index in [-0.39, 0.29) is 28.6 Å². The molecule has 0 saturated carbocycles. The number of ether oxygens (including phenoxy) is 3. The fraction of sp³-hybridized carbons (Fsp3) is 0.276. The van der Waals surface area contributed by atoms with Gasteiger partial charge in [-0.05, 0) is 37.6 Å². The van der Waals surface area contributed by atoms with E-state index in [1.165, 1.54) is 18.3 Å². The Bertz CT molecular complexity index is 1570. The number of aromatic nitrogens is 2. The van der Waals surface area contributed by atoms with Gasteiger partial charge in [0.1, 0.15) is 17.8 Å². The molecule has 206 valence electrons. The van der Waals surface area contributed by atoms with Crippen molar-refractivity contribution in [3.8, 4) is 23.3 Å². The van der Waals surface area contributed by atoms with Crippen LogP contribution >= 0.6 is 23.2 Å². The molecule has 1 aliphatic rings. The van der Waals surface area contributed by atoms with E-state index in [2.05, 4.69) is 26.7 Å². The summed E-state index contributed by atoms with van der Waals surface area (Å²) in [7, 11) is 1.55. The van der Waals surface area contributed by atoms with Gasteiger partial charge in [0.05, 0.1) is 46.9 Å². The highest BCUT2D eigenvalue weighted by Gasteiger charge is 2.19. The van der Waals surface area contributed by atoms with Crippen LogP contribution < -0.4 is 24.8 Å². The molecule has 2 aromatic carbocycles. The molecule has 1 atom stereocenters. The summed E-state index contributed by atoms with van der Waals surface area (Å²) < 4.78 is 32.3. The van der Waals surface area contributed by atoms with E-state index in [0.29, 0.717) is 51.5 Å². The van der Waals surface area contributed by atoms with Crippen LogP contribution in [0.5, 0.6) is 17.2 Å². The highest BCUT2D eigenvalue weighted by Crippen LogP contribution is 2.39. The molecule has 3 heterocycles. The summed E-state index contributed by atoms with van der Waals surface area (Å²) in [6, 6.07) is 13.3. The van der Waals surface area contributed by atoms with E-state index < -0.39 is 5.82 Å². The van der Waals surface area contributed by atoms with Gasteiger partial charge in [0.25, 0.3) is 0 Å². The standard InChI is InChI=1S/C29H26Cl2FN5O3/c1-38-26-8-20-23(11-27(26)39-15-17-4-3-7-34-13-17)35-14-18(12-33)29(20)37-24-10-22(32)25(9-21(24)30)40-16-19-5-2-6-28(31)36-19/h2,5-6,8-11,14,17,34H,3-4,7,13,15-16H2,1H3,(H,35,37)/t17-/m1/s1. The molecule has 5 rings (SSSR count). The number of fused-ring (bicyclic) bond motifs is 1. The molecule has 11 heteroatoms. The monoisotopic (exact) mass is 581 g/mol. The van der Waals surface area contributed by atoms with Gasteiger partial charge in [-0.25, -0.2) is 9.37 Å². The van der Waals surface area contributed by atoms with Crippen molar-refractivity contribution in [2.24, 2.45) is 5.92 Å². The van der Waals surface area contributed by atoms with Crippen LogP contribution in [0.1, 0.15) is 24.1 Å². The fourth-order valence-electron chi connectivity index (χ4n) is 4.52. The van der Waals surface area contributed by atoms with Crippen LogP contribution in [0.15, 0.2) is 48.7 Å². The average molecular weight is 582 g/mol. The number of nitriles is 1. The van der Waals surface area contributed by atoms with Gasteiger partial charge >= 0.3 is 0 Å². The maximum absolute atomic E-state index is 15.0. The topological polar surface area (TPSA) is 101 Å². The van der Waals surface area contributed by atoms with Crippen molar-refractivity contribution >= 4 is 45.5 Å². The molecule has 8 nitrogen and oxygen atoms in total. The molecule has 4 aromatic rings. The van der Waals surface area contributed by atoms with Crippen LogP contribution in [0.25, 0.3) is 10.9 Å². The predicted octanol–water partition coefficient (Wildman–Crippen LogP) is 6.66. The number of rotatable bonds is 9. The van der Waals surface area contributed by atoms with Crippen LogP contribution in [0.3, 0.4) is 0 Å². The lowest BCUT2D eigenvalue weighted by Gasteiger charge is -2.23. The molecule has 1 fully saturated rings. The zero-order valence-electron chi connectivity index (χ0n) is 21.6. The Hall–Kier alpha value is -3.84. The summed E-state index contributed by atoms with van der Waals surface area (Å²) in [5.41, 5.74) is 2.03. The van der Waals surface area contributed by atoms with Crippen molar-refractivity contribution in [1.29, 1.82) is 5.26 Å². The number of nitrogens with one attached hydrogen (secondary N) is 2. The van der Waals surface area contributed by atoms with Crippen LogP contribution in [0.4, 0.5) is 15.8 Å². The molecule has 0 radical (unpaired) electrons. The predicted molar refractivity (Wildman–Crippen MR) is 152 cm³/mol. The lowest BCUT2D eigenvalue weighted by atomic mass is 10.0. The first kappa shape index (κ1) is 27.7. The smallest absolute Gasteiger partial charge is 0.167 e. The first-order chi connectivity index (χ1) is 19.4. The zero-order valence-corrected chi connectivity index (χ0v) is 23.2. The number of anilines is 2. The van der Waals surface area contributed by atoms with Crippen LogP contribution in [-0.2, 0) is 6.61 Å². The van der Waals surface area contributed by atoms with Crippen LogP contribution in [0.2, 0.25) is 10.2 Å². The summed E-state index contributed by atoms with van der Waals surface area (Å²) in [4.78, 5) is 8.58. The largest absolute Gasteiger partial charge is 0.493 e. The summed E-state index contributed by atoms with van der Waals surface area (Å²) in [6.07, 6.45) is 3.66. The first-order valence-electron chi connectivity index (χ1n) is 12.7. The van der Waals surface area contributed by atoms with Crippen molar-refractivity contribution < 1.29 is 18.6 Å². The van der Waals surface area contributed by atoms with Crippen LogP contribution in [0, 0.1) is 23.1 Å². The molecule has 0 bridgehead atoms. The summed E-state index contributed by atoms with van der Waals surface area (Å²) in [5.74, 6) is 0.770. The lowest BCUT2D eigenvalue weighted by molar-refractivity contribution is 0.211. The molecule has 0 amide bonds. The number of piperidine rings is 1. The van der Waals surface area contributed by atoms with Gasteiger partial charge in [-0.2, -0.15) is 5.26 Å². The summed E-state index contributed by atoms with van der Waals surface area (Å²) >= 11 is 12.4. The quantitative estimate of drug-likeness (QED) is 0.212. The molecule has 0 aliphatic carbocycles. The number of pyridine rings is 2. The maximum atomic E-state index is 15.0. The van der Waals surface area contributed by atoms with Gasteiger partial charge < -0.3 is 24.8 Å². The second-order valence-electron chi connectivity index (χ2n) is 9.33. The van der Waals surface area contributed by atoms with E-state index in [1.54, 1.807) is 37.4 Å². The Morgan fingerprint density at radius 2 is 2.02 bits per heavy atom. The van der Waals surface area contributed by atoms with Gasteiger partial charge in [-0.15, -0.1) is 0 Å². The number of benzene rings is 2. The van der Waals surface area contributed by atoms with Crippen molar-refractivity contribution in [2.75, 3.05) is 32.1 Å². The molecule has 0 spiro atoms. The maximum Gasteiger partial charge on any atom is 0.167 e. The molecule has 2 N–H and O–H groups in total. The third kappa shape index (κ3) is 6.31. The molecule has 0 unspecified atom stereocenters. The second kappa shape index (κ2) is 12.6. The minimum Gasteiger partial charge on any atom is -0.493 e. The van der Waals surface area contributed by atoms with Crippen molar-refractivity contribution in [1.82, 2.24) is 15.3 Å². The number of halogens is 3. The molecule has 40 heavy (non-hydrogen) atoms. The lowest BCUT2D eigenvalue weighted by Crippen LogP contribution is -2.33. The number of hydrogen-bond acceptors (Lipinski definition) is 8. The van der Waals surface area contributed by atoms with Crippen molar-refractivity contribution in [2.45, 2.75) is 19.4 Å². The molecule has 2 aromatic heterocycles. The van der Waals surface area contributed by atoms with Crippen molar-refractivity contribution in [3.63, 3.8) is 0 Å². The molecule has 1 aliphatic heterocycles. The third-order valence-electron chi connectivity index (χ3n) is 6.58. The Balaban J connectivity index is 1.41. The zero-order chi connectivity index (χ0) is 28.1. The molecular formula is C29H26Cl2FN5O3. The summed E-state index contributed by atoms with van der Waals surface area (Å²) in [5, 5.41) is 17.4. The van der Waals surface area contributed by atoms with E-state index in [0.717, 1.165) is 25.9 Å². The van der Waals surface area contributed by atoms with E-state index in [4.69, 9.17) is 37.4 Å². The minimum absolute atomic E-state index is 0.00954. The Kier molecular flexibility index (Phi) is 8.70. The molecular weight excluding hydrogens is 556 g/mol. The number of methoxy groups -OCH3 is 1. The average Bonchev–Trinajstić information content (AvgIpc) is 2.97. The Labute approximate surface area is 241 Å². The normalized spacial score (nSPS) is 14.9. The third-order valence-corrected chi connectivity index (χ3v) is 7.10.